The number of hydrogen-bond acceptors (Lipinski definition) is 3. The lowest BCUT2D eigenvalue weighted by Crippen LogP contribution is -2.58. The SMILES string of the molecule is C[C@H](C(=O)NC1(c2ccc(F)cc2F)CCC1)N1CCN(C)CC1. The number of hydrogen-bond donors (Lipinski definition) is 1. The largest absolute Gasteiger partial charge is 0.345 e. The average molecular weight is 337 g/mol. The van der Waals surface area contributed by atoms with Gasteiger partial charge in [-0.25, -0.2) is 8.78 Å². The zero-order valence-corrected chi connectivity index (χ0v) is 14.3. The van der Waals surface area contributed by atoms with Crippen LogP contribution in [0, 0.1) is 11.6 Å². The third-order valence-electron chi connectivity index (χ3n) is 5.48. The Kier molecular flexibility index (Phi) is 4.88. The van der Waals surface area contributed by atoms with E-state index >= 15 is 0 Å². The van der Waals surface area contributed by atoms with Crippen molar-refractivity contribution >= 4 is 5.91 Å². The van der Waals surface area contributed by atoms with Crippen LogP contribution in [0.4, 0.5) is 8.78 Å². The van der Waals surface area contributed by atoms with Crippen molar-refractivity contribution in [2.75, 3.05) is 33.2 Å². The summed E-state index contributed by atoms with van der Waals surface area (Å²) in [6.45, 7) is 5.48. The number of amides is 1. The maximum atomic E-state index is 14.2. The van der Waals surface area contributed by atoms with Crippen LogP contribution in [0.2, 0.25) is 0 Å². The first-order chi connectivity index (χ1) is 11.4. The van der Waals surface area contributed by atoms with E-state index in [4.69, 9.17) is 0 Å². The molecule has 0 bridgehead atoms. The van der Waals surface area contributed by atoms with Gasteiger partial charge in [0, 0.05) is 37.8 Å². The Balaban J connectivity index is 1.71. The van der Waals surface area contributed by atoms with Crippen molar-refractivity contribution in [1.82, 2.24) is 15.1 Å². The number of benzene rings is 1. The van der Waals surface area contributed by atoms with Crippen molar-refractivity contribution < 1.29 is 13.6 Å². The number of rotatable bonds is 4. The molecule has 24 heavy (non-hydrogen) atoms. The summed E-state index contributed by atoms with van der Waals surface area (Å²) in [5.41, 5.74) is -0.288. The van der Waals surface area contributed by atoms with Gasteiger partial charge >= 0.3 is 0 Å². The number of likely N-dealkylation sites (N-methyl/N-ethyl adjacent to an activating group) is 1. The molecule has 1 saturated carbocycles. The van der Waals surface area contributed by atoms with Crippen LogP contribution in [0.25, 0.3) is 0 Å². The van der Waals surface area contributed by atoms with E-state index in [2.05, 4.69) is 22.2 Å². The number of carbonyl (C=O) groups excluding carboxylic acids is 1. The second-order valence-corrected chi connectivity index (χ2v) is 7.06. The minimum absolute atomic E-state index is 0.0806. The Hall–Kier alpha value is -1.53. The van der Waals surface area contributed by atoms with Crippen molar-refractivity contribution in [3.8, 4) is 0 Å². The Morgan fingerprint density at radius 3 is 2.42 bits per heavy atom. The van der Waals surface area contributed by atoms with Gasteiger partial charge < -0.3 is 10.2 Å². The summed E-state index contributed by atoms with van der Waals surface area (Å²) in [6.07, 6.45) is 2.31. The van der Waals surface area contributed by atoms with E-state index in [1.54, 1.807) is 0 Å². The van der Waals surface area contributed by atoms with Crippen LogP contribution in [0.5, 0.6) is 0 Å². The predicted molar refractivity (Wildman–Crippen MR) is 88.6 cm³/mol. The molecule has 2 aliphatic rings. The number of piperazine rings is 1. The third kappa shape index (κ3) is 3.30. The van der Waals surface area contributed by atoms with Gasteiger partial charge in [0.05, 0.1) is 11.6 Å². The molecule has 0 unspecified atom stereocenters. The summed E-state index contributed by atoms with van der Waals surface area (Å²) < 4.78 is 27.4. The fraction of sp³-hybridized carbons (Fsp3) is 0.611. The molecule has 3 rings (SSSR count). The minimum atomic E-state index is -0.685. The Bertz CT molecular complexity index is 610. The zero-order chi connectivity index (χ0) is 17.3. The summed E-state index contributed by atoms with van der Waals surface area (Å²) >= 11 is 0. The van der Waals surface area contributed by atoms with Gasteiger partial charge in [-0.1, -0.05) is 6.07 Å². The molecule has 1 heterocycles. The lowest BCUT2D eigenvalue weighted by Gasteiger charge is -2.45. The second-order valence-electron chi connectivity index (χ2n) is 7.06. The number of nitrogens with zero attached hydrogens (tertiary/aromatic N) is 2. The lowest BCUT2D eigenvalue weighted by molar-refractivity contribution is -0.130. The summed E-state index contributed by atoms with van der Waals surface area (Å²) in [5.74, 6) is -1.26. The van der Waals surface area contributed by atoms with Gasteiger partial charge in [-0.3, -0.25) is 9.69 Å². The highest BCUT2D eigenvalue weighted by molar-refractivity contribution is 5.82. The van der Waals surface area contributed by atoms with Gasteiger partial charge in [-0.15, -0.1) is 0 Å². The van der Waals surface area contributed by atoms with Gasteiger partial charge in [-0.2, -0.15) is 0 Å². The van der Waals surface area contributed by atoms with Crippen molar-refractivity contribution in [2.24, 2.45) is 0 Å². The van der Waals surface area contributed by atoms with E-state index in [0.717, 1.165) is 38.7 Å². The van der Waals surface area contributed by atoms with E-state index < -0.39 is 17.2 Å². The normalized spacial score (nSPS) is 22.7. The number of carbonyl (C=O) groups is 1. The smallest absolute Gasteiger partial charge is 0.237 e. The number of nitrogens with one attached hydrogen (secondary N) is 1. The molecule has 1 aromatic carbocycles. The molecule has 2 fully saturated rings. The molecule has 132 valence electrons. The van der Waals surface area contributed by atoms with Crippen LogP contribution in [0.15, 0.2) is 18.2 Å². The molecular weight excluding hydrogens is 312 g/mol. The molecule has 1 N–H and O–H groups in total. The zero-order valence-electron chi connectivity index (χ0n) is 14.3. The Morgan fingerprint density at radius 1 is 1.21 bits per heavy atom. The molecule has 1 amide bonds. The van der Waals surface area contributed by atoms with Crippen molar-refractivity contribution in [3.05, 3.63) is 35.4 Å². The molecule has 1 saturated heterocycles. The quantitative estimate of drug-likeness (QED) is 0.914. The molecule has 0 radical (unpaired) electrons. The van der Waals surface area contributed by atoms with Crippen LogP contribution in [-0.4, -0.2) is 55.0 Å². The molecule has 0 spiro atoms. The van der Waals surface area contributed by atoms with Crippen LogP contribution < -0.4 is 5.32 Å². The highest BCUT2D eigenvalue weighted by Gasteiger charge is 2.43. The third-order valence-corrected chi connectivity index (χ3v) is 5.48. The standard InChI is InChI=1S/C18H25F2N3O/c1-13(23-10-8-22(2)9-11-23)17(24)21-18(6-3-7-18)15-5-4-14(19)12-16(15)20/h4-5,12-13H,3,6-11H2,1-2H3,(H,21,24)/t13-/m1/s1. The number of halogens is 2. The predicted octanol–water partition coefficient (Wildman–Crippen LogP) is 2.10. The van der Waals surface area contributed by atoms with Crippen LogP contribution in [-0.2, 0) is 10.3 Å². The first-order valence-electron chi connectivity index (χ1n) is 8.61. The van der Waals surface area contributed by atoms with E-state index in [-0.39, 0.29) is 11.9 Å². The molecule has 1 aromatic rings. The maximum Gasteiger partial charge on any atom is 0.237 e. The summed E-state index contributed by atoms with van der Waals surface area (Å²) in [4.78, 5) is 17.1. The van der Waals surface area contributed by atoms with Crippen molar-refractivity contribution in [1.29, 1.82) is 0 Å². The van der Waals surface area contributed by atoms with Gasteiger partial charge in [0.25, 0.3) is 0 Å². The molecule has 1 aliphatic carbocycles. The van der Waals surface area contributed by atoms with E-state index in [1.165, 1.54) is 12.1 Å². The Morgan fingerprint density at radius 2 is 1.88 bits per heavy atom. The summed E-state index contributed by atoms with van der Waals surface area (Å²) in [5, 5.41) is 3.06. The monoisotopic (exact) mass is 337 g/mol. The van der Waals surface area contributed by atoms with E-state index in [0.29, 0.717) is 18.4 Å². The highest BCUT2D eigenvalue weighted by Crippen LogP contribution is 2.42. The molecule has 4 nitrogen and oxygen atoms in total. The molecule has 1 atom stereocenters. The Labute approximate surface area is 141 Å². The first-order valence-corrected chi connectivity index (χ1v) is 8.61. The lowest BCUT2D eigenvalue weighted by atomic mass is 9.71. The van der Waals surface area contributed by atoms with E-state index in [1.807, 2.05) is 6.92 Å². The van der Waals surface area contributed by atoms with Crippen LogP contribution in [0.1, 0.15) is 31.7 Å². The average Bonchev–Trinajstić information content (AvgIpc) is 2.51. The van der Waals surface area contributed by atoms with Crippen molar-refractivity contribution in [3.63, 3.8) is 0 Å². The molecule has 0 aromatic heterocycles. The van der Waals surface area contributed by atoms with Crippen LogP contribution in [0.3, 0.4) is 0 Å². The van der Waals surface area contributed by atoms with Gasteiger partial charge in [0.15, 0.2) is 0 Å². The van der Waals surface area contributed by atoms with Crippen LogP contribution >= 0.6 is 0 Å². The maximum absolute atomic E-state index is 14.2. The molecular formula is C18H25F2N3O. The summed E-state index contributed by atoms with van der Waals surface area (Å²) in [6, 6.07) is 3.37. The second kappa shape index (κ2) is 6.76. The highest BCUT2D eigenvalue weighted by atomic mass is 19.1. The molecule has 6 heteroatoms. The first kappa shape index (κ1) is 17.3. The summed E-state index contributed by atoms with van der Waals surface area (Å²) in [7, 11) is 2.07. The van der Waals surface area contributed by atoms with Gasteiger partial charge in [0.2, 0.25) is 5.91 Å². The fourth-order valence-corrected chi connectivity index (χ4v) is 3.58. The molecule has 1 aliphatic heterocycles. The fourth-order valence-electron chi connectivity index (χ4n) is 3.58. The van der Waals surface area contributed by atoms with E-state index in [9.17, 15) is 13.6 Å². The topological polar surface area (TPSA) is 35.6 Å². The van der Waals surface area contributed by atoms with Gasteiger partial charge in [-0.05, 0) is 39.3 Å². The van der Waals surface area contributed by atoms with Gasteiger partial charge in [0.1, 0.15) is 11.6 Å². The van der Waals surface area contributed by atoms with Crippen molar-refractivity contribution in [2.45, 2.75) is 37.8 Å². The minimum Gasteiger partial charge on any atom is -0.345 e.